The van der Waals surface area contributed by atoms with Gasteiger partial charge in [-0.05, 0) is 25.0 Å². The van der Waals surface area contributed by atoms with Gasteiger partial charge in [0.25, 0.3) is 11.9 Å². The number of hydrogen-bond donors (Lipinski definition) is 1. The lowest BCUT2D eigenvalue weighted by molar-refractivity contribution is 0.0503. The fraction of sp³-hybridized carbons (Fsp3) is 0.458. The van der Waals surface area contributed by atoms with Gasteiger partial charge in [0.2, 0.25) is 5.95 Å². The van der Waals surface area contributed by atoms with Gasteiger partial charge in [-0.15, -0.1) is 0 Å². The number of nitrogens with two attached hydrogens (primary N) is 1. The molecule has 1 aliphatic carbocycles. The highest BCUT2D eigenvalue weighted by molar-refractivity contribution is 5.93. The van der Waals surface area contributed by atoms with E-state index in [0.717, 1.165) is 25.7 Å². The SMILES string of the molecule is COc1ccc(C(=O)N2CCN(c3nc(N)c4cc(OC)c(OC)cc4n3)[C@H]3CCCC[C@@H]32)o1. The van der Waals surface area contributed by atoms with Gasteiger partial charge in [-0.25, -0.2) is 4.98 Å². The highest BCUT2D eigenvalue weighted by Gasteiger charge is 2.42. The van der Waals surface area contributed by atoms with Crippen LogP contribution in [0.4, 0.5) is 11.8 Å². The van der Waals surface area contributed by atoms with E-state index in [1.807, 2.05) is 11.0 Å². The van der Waals surface area contributed by atoms with Crippen molar-refractivity contribution in [1.82, 2.24) is 14.9 Å². The van der Waals surface area contributed by atoms with Gasteiger partial charge in [0.05, 0.1) is 38.9 Å². The number of ether oxygens (including phenoxy) is 3. The summed E-state index contributed by atoms with van der Waals surface area (Å²) in [5, 5.41) is 0.710. The molecule has 5 rings (SSSR count). The number of carbonyl (C=O) groups excluding carboxylic acids is 1. The van der Waals surface area contributed by atoms with Crippen molar-refractivity contribution in [3.63, 3.8) is 0 Å². The Morgan fingerprint density at radius 2 is 1.74 bits per heavy atom. The molecular formula is C24H29N5O5. The molecule has 1 amide bonds. The molecule has 0 unspecified atom stereocenters. The maximum absolute atomic E-state index is 13.3. The summed E-state index contributed by atoms with van der Waals surface area (Å²) in [5.41, 5.74) is 7.04. The molecule has 180 valence electrons. The van der Waals surface area contributed by atoms with Gasteiger partial charge in [0, 0.05) is 30.6 Å². The third-order valence-corrected chi connectivity index (χ3v) is 6.81. The van der Waals surface area contributed by atoms with E-state index in [-0.39, 0.29) is 18.0 Å². The Morgan fingerprint density at radius 3 is 2.44 bits per heavy atom. The van der Waals surface area contributed by atoms with Crippen LogP contribution in [0.15, 0.2) is 28.7 Å². The largest absolute Gasteiger partial charge is 0.493 e. The highest BCUT2D eigenvalue weighted by atomic mass is 16.6. The van der Waals surface area contributed by atoms with Gasteiger partial charge in [-0.1, -0.05) is 12.8 Å². The standard InChI is InChI=1S/C24H29N5O5/c1-31-19-12-14-15(13-20(19)32-2)26-24(27-22(14)25)29-11-10-28(16-6-4-5-7-17(16)29)23(30)18-8-9-21(33-3)34-18/h8-9,12-13,16-17H,4-7,10-11H2,1-3H3,(H2,25,26,27)/t16-,17-/m0/s1. The average Bonchev–Trinajstić information content (AvgIpc) is 3.36. The summed E-state index contributed by atoms with van der Waals surface area (Å²) < 4.78 is 21.5. The lowest BCUT2D eigenvalue weighted by Gasteiger charge is -2.49. The van der Waals surface area contributed by atoms with Crippen molar-refractivity contribution in [2.75, 3.05) is 45.1 Å². The van der Waals surface area contributed by atoms with E-state index in [4.69, 9.17) is 29.3 Å². The quantitative estimate of drug-likeness (QED) is 0.604. The monoisotopic (exact) mass is 467 g/mol. The number of furan rings is 1. The first-order valence-corrected chi connectivity index (χ1v) is 11.4. The number of anilines is 2. The van der Waals surface area contributed by atoms with Crippen LogP contribution in [-0.4, -0.2) is 67.3 Å². The summed E-state index contributed by atoms with van der Waals surface area (Å²) in [5.74, 6) is 2.62. The molecule has 3 aromatic rings. The number of hydrogen-bond acceptors (Lipinski definition) is 9. The number of amides is 1. The number of carbonyl (C=O) groups is 1. The third-order valence-electron chi connectivity index (χ3n) is 6.81. The van der Waals surface area contributed by atoms with Gasteiger partial charge in [0.15, 0.2) is 17.3 Å². The fourth-order valence-electron chi connectivity index (χ4n) is 5.15. The van der Waals surface area contributed by atoms with Crippen molar-refractivity contribution in [3.05, 3.63) is 30.0 Å². The second-order valence-corrected chi connectivity index (χ2v) is 8.57. The molecule has 1 saturated carbocycles. The number of methoxy groups -OCH3 is 3. The highest BCUT2D eigenvalue weighted by Crippen LogP contribution is 2.37. The summed E-state index contributed by atoms with van der Waals surface area (Å²) in [6, 6.07) is 7.08. The van der Waals surface area contributed by atoms with Gasteiger partial charge < -0.3 is 34.2 Å². The molecule has 34 heavy (non-hydrogen) atoms. The molecule has 3 heterocycles. The minimum Gasteiger partial charge on any atom is -0.493 e. The van der Waals surface area contributed by atoms with Crippen LogP contribution in [0.2, 0.25) is 0 Å². The van der Waals surface area contributed by atoms with Crippen molar-refractivity contribution >= 4 is 28.6 Å². The minimum atomic E-state index is -0.115. The first-order valence-electron chi connectivity index (χ1n) is 11.4. The first kappa shape index (κ1) is 22.1. The summed E-state index contributed by atoms with van der Waals surface area (Å²) in [4.78, 5) is 26.9. The molecule has 10 nitrogen and oxygen atoms in total. The number of aromatic nitrogens is 2. The predicted octanol–water partition coefficient (Wildman–Crippen LogP) is 3.10. The van der Waals surface area contributed by atoms with Crippen LogP contribution in [0, 0.1) is 0 Å². The maximum Gasteiger partial charge on any atom is 0.290 e. The molecule has 0 bridgehead atoms. The Hall–Kier alpha value is -3.69. The number of benzene rings is 1. The Morgan fingerprint density at radius 1 is 1.00 bits per heavy atom. The summed E-state index contributed by atoms with van der Waals surface area (Å²) in [7, 11) is 4.69. The summed E-state index contributed by atoms with van der Waals surface area (Å²) in [6.45, 7) is 1.14. The third kappa shape index (κ3) is 3.72. The molecule has 0 spiro atoms. The van der Waals surface area contributed by atoms with E-state index in [1.165, 1.54) is 7.11 Å². The average molecular weight is 468 g/mol. The molecule has 2 aromatic heterocycles. The number of rotatable bonds is 5. The molecule has 1 aromatic carbocycles. The van der Waals surface area contributed by atoms with Crippen LogP contribution in [0.3, 0.4) is 0 Å². The molecule has 1 aliphatic heterocycles. The first-order chi connectivity index (χ1) is 16.5. The van der Waals surface area contributed by atoms with Crippen LogP contribution in [0.1, 0.15) is 36.2 Å². The van der Waals surface area contributed by atoms with E-state index in [9.17, 15) is 4.79 Å². The Bertz CT molecular complexity index is 1210. The summed E-state index contributed by atoms with van der Waals surface area (Å²) >= 11 is 0. The Labute approximate surface area is 197 Å². The number of piperazine rings is 1. The van der Waals surface area contributed by atoms with Crippen molar-refractivity contribution in [2.45, 2.75) is 37.8 Å². The molecule has 2 N–H and O–H groups in total. The Kier molecular flexibility index (Phi) is 5.80. The van der Waals surface area contributed by atoms with E-state index in [0.29, 0.717) is 59.0 Å². The number of nitrogen functional groups attached to an aromatic ring is 1. The zero-order chi connectivity index (χ0) is 23.8. The van der Waals surface area contributed by atoms with Gasteiger partial charge in [-0.3, -0.25) is 4.79 Å². The molecule has 2 fully saturated rings. The predicted molar refractivity (Wildman–Crippen MR) is 127 cm³/mol. The molecule has 0 radical (unpaired) electrons. The molecular weight excluding hydrogens is 438 g/mol. The zero-order valence-electron chi connectivity index (χ0n) is 19.6. The zero-order valence-corrected chi connectivity index (χ0v) is 19.6. The molecule has 2 atom stereocenters. The molecule has 10 heteroatoms. The van der Waals surface area contributed by atoms with Crippen molar-refractivity contribution in [2.24, 2.45) is 0 Å². The van der Waals surface area contributed by atoms with Crippen LogP contribution in [0.5, 0.6) is 17.4 Å². The Balaban J connectivity index is 1.47. The topological polar surface area (TPSA) is 116 Å². The van der Waals surface area contributed by atoms with Crippen LogP contribution >= 0.6 is 0 Å². The summed E-state index contributed by atoms with van der Waals surface area (Å²) in [6.07, 6.45) is 4.02. The van der Waals surface area contributed by atoms with E-state index in [1.54, 1.807) is 32.4 Å². The second kappa shape index (κ2) is 8.92. The van der Waals surface area contributed by atoms with Crippen LogP contribution in [0.25, 0.3) is 10.9 Å². The second-order valence-electron chi connectivity index (χ2n) is 8.57. The number of nitrogens with zero attached hydrogens (tertiary/aromatic N) is 4. The lowest BCUT2D eigenvalue weighted by atomic mass is 9.86. The lowest BCUT2D eigenvalue weighted by Crippen LogP contribution is -2.62. The van der Waals surface area contributed by atoms with Crippen molar-refractivity contribution in [1.29, 1.82) is 0 Å². The molecule has 1 saturated heterocycles. The van der Waals surface area contributed by atoms with E-state index >= 15 is 0 Å². The molecule has 2 aliphatic rings. The smallest absolute Gasteiger partial charge is 0.290 e. The van der Waals surface area contributed by atoms with Gasteiger partial charge >= 0.3 is 0 Å². The minimum absolute atomic E-state index is 0.0389. The van der Waals surface area contributed by atoms with Crippen molar-refractivity contribution in [3.8, 4) is 17.4 Å². The van der Waals surface area contributed by atoms with E-state index in [2.05, 4.69) is 9.88 Å². The van der Waals surface area contributed by atoms with Gasteiger partial charge in [-0.2, -0.15) is 4.98 Å². The van der Waals surface area contributed by atoms with Crippen LogP contribution in [-0.2, 0) is 0 Å². The maximum atomic E-state index is 13.3. The normalized spacial score (nSPS) is 20.2. The van der Waals surface area contributed by atoms with Gasteiger partial charge in [0.1, 0.15) is 5.82 Å². The van der Waals surface area contributed by atoms with Crippen molar-refractivity contribution < 1.29 is 23.4 Å². The van der Waals surface area contributed by atoms with Crippen LogP contribution < -0.4 is 24.8 Å². The number of fused-ring (bicyclic) bond motifs is 2. The fourth-order valence-corrected chi connectivity index (χ4v) is 5.15. The van der Waals surface area contributed by atoms with E-state index < -0.39 is 0 Å².